The summed E-state index contributed by atoms with van der Waals surface area (Å²) >= 11 is 12.4. The third-order valence-corrected chi connectivity index (χ3v) is 5.95. The van der Waals surface area contributed by atoms with E-state index in [2.05, 4.69) is 20.7 Å². The first-order valence-electron chi connectivity index (χ1n) is 12.0. The van der Waals surface area contributed by atoms with Crippen LogP contribution in [0.4, 0.5) is 16.3 Å². The summed E-state index contributed by atoms with van der Waals surface area (Å²) in [5.41, 5.74) is 1.96. The lowest BCUT2D eigenvalue weighted by molar-refractivity contribution is 0.0821. The topological polar surface area (TPSA) is 101 Å². The molecule has 2 heterocycles. The summed E-state index contributed by atoms with van der Waals surface area (Å²) < 4.78 is 7.45. The van der Waals surface area contributed by atoms with Crippen molar-refractivity contribution < 1.29 is 14.3 Å². The lowest BCUT2D eigenvalue weighted by Gasteiger charge is -2.14. The van der Waals surface area contributed by atoms with Gasteiger partial charge in [0, 0.05) is 53.6 Å². The fraction of sp³-hybridized carbons (Fsp3) is 0.214. The Labute approximate surface area is 236 Å². The molecule has 0 aliphatic heterocycles. The average Bonchev–Trinajstić information content (AvgIpc) is 3.28. The highest BCUT2D eigenvalue weighted by molar-refractivity contribution is 6.34. The summed E-state index contributed by atoms with van der Waals surface area (Å²) in [5.74, 6) is 1.23. The van der Waals surface area contributed by atoms with Gasteiger partial charge in [-0.25, -0.2) is 9.48 Å². The van der Waals surface area contributed by atoms with Crippen LogP contribution in [0.15, 0.2) is 66.9 Å². The van der Waals surface area contributed by atoms with Crippen molar-refractivity contribution in [3.8, 4) is 17.2 Å². The molecule has 202 valence electrons. The largest absolute Gasteiger partial charge is 0.457 e. The van der Waals surface area contributed by atoms with Gasteiger partial charge >= 0.3 is 6.03 Å². The van der Waals surface area contributed by atoms with Gasteiger partial charge in [0.1, 0.15) is 23.0 Å². The van der Waals surface area contributed by atoms with Gasteiger partial charge in [0.05, 0.1) is 11.4 Å². The van der Waals surface area contributed by atoms with Crippen LogP contribution in [0.2, 0.25) is 10.0 Å². The zero-order valence-electron chi connectivity index (χ0n) is 22.1. The Morgan fingerprint density at radius 1 is 0.897 bits per heavy atom. The fourth-order valence-corrected chi connectivity index (χ4v) is 4.05. The standard InChI is InChI=1S/C28H28Cl2N6O3/c1-28(2,3)24-16-25(36(34-24)20-13-17(29)12-18(30)14-20)33-27(38)32-19-6-8-21(9-7-19)39-22-10-11-31-23(15-22)26(37)35(4)5/h6-16H,1-5H3,(H2,32,33,38). The molecule has 11 heteroatoms. The summed E-state index contributed by atoms with van der Waals surface area (Å²) in [6.45, 7) is 6.10. The highest BCUT2D eigenvalue weighted by Gasteiger charge is 2.22. The van der Waals surface area contributed by atoms with Crippen molar-refractivity contribution in [2.75, 3.05) is 24.7 Å². The highest BCUT2D eigenvalue weighted by Crippen LogP contribution is 2.29. The number of ether oxygens (including phenoxy) is 1. The molecular formula is C28H28Cl2N6O3. The van der Waals surface area contributed by atoms with Gasteiger partial charge in [-0.15, -0.1) is 0 Å². The zero-order valence-corrected chi connectivity index (χ0v) is 23.6. The van der Waals surface area contributed by atoms with Crippen LogP contribution in [0.25, 0.3) is 5.69 Å². The van der Waals surface area contributed by atoms with E-state index in [1.165, 1.54) is 11.1 Å². The highest BCUT2D eigenvalue weighted by atomic mass is 35.5. The van der Waals surface area contributed by atoms with E-state index in [-0.39, 0.29) is 17.0 Å². The predicted molar refractivity (Wildman–Crippen MR) is 154 cm³/mol. The predicted octanol–water partition coefficient (Wildman–Crippen LogP) is 7.01. The van der Waals surface area contributed by atoms with Crippen molar-refractivity contribution in [3.05, 3.63) is 88.3 Å². The molecule has 0 unspecified atom stereocenters. The summed E-state index contributed by atoms with van der Waals surface area (Å²) in [6, 6.07) is 16.5. The normalized spacial score (nSPS) is 11.2. The molecule has 4 rings (SSSR count). The van der Waals surface area contributed by atoms with Crippen molar-refractivity contribution in [2.24, 2.45) is 0 Å². The molecule has 3 amide bonds. The molecule has 39 heavy (non-hydrogen) atoms. The van der Waals surface area contributed by atoms with Crippen LogP contribution in [-0.4, -0.2) is 45.7 Å². The molecule has 0 saturated heterocycles. The molecule has 2 aromatic carbocycles. The molecule has 0 saturated carbocycles. The van der Waals surface area contributed by atoms with E-state index in [1.54, 1.807) is 73.4 Å². The molecule has 2 aromatic heterocycles. The van der Waals surface area contributed by atoms with Gasteiger partial charge in [0.15, 0.2) is 0 Å². The monoisotopic (exact) mass is 566 g/mol. The van der Waals surface area contributed by atoms with Gasteiger partial charge in [-0.2, -0.15) is 5.10 Å². The van der Waals surface area contributed by atoms with Crippen LogP contribution >= 0.6 is 23.2 Å². The number of carbonyl (C=O) groups is 2. The second-order valence-electron chi connectivity index (χ2n) is 9.99. The molecule has 0 bridgehead atoms. The number of carbonyl (C=O) groups excluding carboxylic acids is 2. The zero-order chi connectivity index (χ0) is 28.3. The molecule has 0 aliphatic rings. The van der Waals surface area contributed by atoms with E-state index in [9.17, 15) is 9.59 Å². The second kappa shape index (κ2) is 11.3. The number of pyridine rings is 1. The maximum Gasteiger partial charge on any atom is 0.324 e. The minimum atomic E-state index is -0.459. The van der Waals surface area contributed by atoms with Crippen LogP contribution < -0.4 is 15.4 Å². The fourth-order valence-electron chi connectivity index (χ4n) is 3.54. The number of rotatable bonds is 6. The van der Waals surface area contributed by atoms with Gasteiger partial charge in [-0.1, -0.05) is 44.0 Å². The van der Waals surface area contributed by atoms with Crippen molar-refractivity contribution in [2.45, 2.75) is 26.2 Å². The minimum absolute atomic E-state index is 0.222. The lowest BCUT2D eigenvalue weighted by Crippen LogP contribution is -2.22. The number of urea groups is 1. The second-order valence-corrected chi connectivity index (χ2v) is 10.9. The van der Waals surface area contributed by atoms with Crippen molar-refractivity contribution >= 4 is 46.6 Å². The van der Waals surface area contributed by atoms with Gasteiger partial charge < -0.3 is 15.0 Å². The molecule has 0 atom stereocenters. The van der Waals surface area contributed by atoms with E-state index in [1.807, 2.05) is 26.8 Å². The third kappa shape index (κ3) is 7.07. The maximum absolute atomic E-state index is 12.9. The van der Waals surface area contributed by atoms with Crippen LogP contribution in [0.1, 0.15) is 37.0 Å². The number of halogens is 2. The molecule has 0 radical (unpaired) electrons. The van der Waals surface area contributed by atoms with Gasteiger partial charge in [0.25, 0.3) is 5.91 Å². The average molecular weight is 567 g/mol. The van der Waals surface area contributed by atoms with Gasteiger partial charge in [0.2, 0.25) is 0 Å². The van der Waals surface area contributed by atoms with E-state index >= 15 is 0 Å². The van der Waals surface area contributed by atoms with Gasteiger partial charge in [-0.05, 0) is 48.5 Å². The molecule has 0 aliphatic carbocycles. The number of nitrogens with zero attached hydrogens (tertiary/aromatic N) is 4. The smallest absolute Gasteiger partial charge is 0.324 e. The van der Waals surface area contributed by atoms with Crippen LogP contribution in [0.5, 0.6) is 11.5 Å². The van der Waals surface area contributed by atoms with E-state index < -0.39 is 6.03 Å². The number of hydrogen-bond donors (Lipinski definition) is 2. The minimum Gasteiger partial charge on any atom is -0.457 e. The number of anilines is 2. The SMILES string of the molecule is CN(C)C(=O)c1cc(Oc2ccc(NC(=O)Nc3cc(C(C)(C)C)nn3-c3cc(Cl)cc(Cl)c3)cc2)ccn1. The van der Waals surface area contributed by atoms with Crippen LogP contribution in [0.3, 0.4) is 0 Å². The summed E-state index contributed by atoms with van der Waals surface area (Å²) in [5, 5.41) is 11.3. The Kier molecular flexibility index (Phi) is 8.13. The lowest BCUT2D eigenvalue weighted by atomic mass is 9.92. The molecule has 2 N–H and O–H groups in total. The van der Waals surface area contributed by atoms with Gasteiger partial charge in [-0.3, -0.25) is 15.1 Å². The molecular weight excluding hydrogens is 539 g/mol. The quantitative estimate of drug-likeness (QED) is 0.261. The molecule has 4 aromatic rings. The third-order valence-electron chi connectivity index (χ3n) is 5.52. The summed E-state index contributed by atoms with van der Waals surface area (Å²) in [6.07, 6.45) is 1.51. The number of nitrogens with one attached hydrogen (secondary N) is 2. The molecule has 0 fully saturated rings. The van der Waals surface area contributed by atoms with E-state index in [4.69, 9.17) is 27.9 Å². The summed E-state index contributed by atoms with van der Waals surface area (Å²) in [7, 11) is 3.31. The van der Waals surface area contributed by atoms with E-state index in [0.29, 0.717) is 38.7 Å². The number of hydrogen-bond acceptors (Lipinski definition) is 5. The number of amides is 3. The first-order valence-corrected chi connectivity index (χ1v) is 12.8. The maximum atomic E-state index is 12.9. The van der Waals surface area contributed by atoms with Crippen LogP contribution in [0, 0.1) is 0 Å². The van der Waals surface area contributed by atoms with Crippen molar-refractivity contribution in [1.29, 1.82) is 0 Å². The number of benzene rings is 2. The molecule has 0 spiro atoms. The Morgan fingerprint density at radius 2 is 1.56 bits per heavy atom. The Balaban J connectivity index is 1.48. The first kappa shape index (κ1) is 27.9. The van der Waals surface area contributed by atoms with E-state index in [0.717, 1.165) is 5.69 Å². The summed E-state index contributed by atoms with van der Waals surface area (Å²) in [4.78, 5) is 30.6. The van der Waals surface area contributed by atoms with Crippen molar-refractivity contribution in [1.82, 2.24) is 19.7 Å². The molecule has 9 nitrogen and oxygen atoms in total. The Morgan fingerprint density at radius 3 is 2.18 bits per heavy atom. The van der Waals surface area contributed by atoms with Crippen LogP contribution in [-0.2, 0) is 5.41 Å². The Hall–Kier alpha value is -4.08. The Bertz CT molecular complexity index is 1490. The van der Waals surface area contributed by atoms with Crippen molar-refractivity contribution in [3.63, 3.8) is 0 Å². The number of aromatic nitrogens is 3. The first-order chi connectivity index (χ1) is 18.4.